The van der Waals surface area contributed by atoms with Gasteiger partial charge in [-0.05, 0) is 38.4 Å². The van der Waals surface area contributed by atoms with Crippen LogP contribution in [0.1, 0.15) is 16.2 Å². The van der Waals surface area contributed by atoms with Crippen LogP contribution in [-0.2, 0) is 13.6 Å². The minimum atomic E-state index is 0.269. The second kappa shape index (κ2) is 7.68. The molecule has 0 aliphatic heterocycles. The van der Waals surface area contributed by atoms with Crippen LogP contribution in [0.2, 0.25) is 5.15 Å². The predicted octanol–water partition coefficient (Wildman–Crippen LogP) is 3.80. The Kier molecular flexibility index (Phi) is 5.35. The predicted molar refractivity (Wildman–Crippen MR) is 101 cm³/mol. The van der Waals surface area contributed by atoms with Gasteiger partial charge in [-0.3, -0.25) is 4.79 Å². The van der Waals surface area contributed by atoms with Crippen molar-refractivity contribution in [2.45, 2.75) is 6.54 Å². The lowest BCUT2D eigenvalue weighted by Crippen LogP contribution is -2.14. The summed E-state index contributed by atoms with van der Waals surface area (Å²) in [6.07, 6.45) is 3.94. The molecule has 3 rings (SSSR count). The number of aldehydes is 1. The minimum absolute atomic E-state index is 0.269. The summed E-state index contributed by atoms with van der Waals surface area (Å²) in [5.41, 5.74) is 2.40. The summed E-state index contributed by atoms with van der Waals surface area (Å²) >= 11 is 5.88. The molecule has 0 fully saturated rings. The summed E-state index contributed by atoms with van der Waals surface area (Å²) in [6.45, 7) is 0.773. The lowest BCUT2D eigenvalue weighted by Gasteiger charge is -2.11. The number of hydrogen-bond donors (Lipinski definition) is 0. The first kappa shape index (κ1) is 18.1. The highest BCUT2D eigenvalue weighted by Gasteiger charge is 2.10. The van der Waals surface area contributed by atoms with Gasteiger partial charge in [0.1, 0.15) is 22.5 Å². The fraction of sp³-hybridized carbons (Fsp3) is 0.211. The Bertz CT molecular complexity index is 920. The van der Waals surface area contributed by atoms with Gasteiger partial charge in [-0.25, -0.2) is 9.97 Å². The van der Waals surface area contributed by atoms with Crippen LogP contribution in [0.25, 0.3) is 11.3 Å². The molecule has 7 heteroatoms. The number of hydrogen-bond acceptors (Lipinski definition) is 5. The van der Waals surface area contributed by atoms with Crippen molar-refractivity contribution in [2.24, 2.45) is 7.05 Å². The Hall–Kier alpha value is -2.70. The second-order valence-corrected chi connectivity index (χ2v) is 6.53. The largest absolute Gasteiger partial charge is 0.456 e. The average Bonchev–Trinajstić information content (AvgIpc) is 2.96. The van der Waals surface area contributed by atoms with E-state index in [9.17, 15) is 4.79 Å². The Morgan fingerprint density at radius 1 is 1.19 bits per heavy atom. The summed E-state index contributed by atoms with van der Waals surface area (Å²) in [5, 5.41) is 0.269. The van der Waals surface area contributed by atoms with E-state index in [0.717, 1.165) is 23.6 Å². The van der Waals surface area contributed by atoms with Gasteiger partial charge in [0, 0.05) is 24.9 Å². The van der Waals surface area contributed by atoms with Gasteiger partial charge in [0.15, 0.2) is 6.29 Å². The molecule has 0 amide bonds. The van der Waals surface area contributed by atoms with Crippen molar-refractivity contribution < 1.29 is 9.53 Å². The van der Waals surface area contributed by atoms with Gasteiger partial charge < -0.3 is 14.2 Å². The molecule has 3 aromatic rings. The van der Waals surface area contributed by atoms with Gasteiger partial charge in [0.25, 0.3) is 0 Å². The molecule has 134 valence electrons. The molecular formula is C19H19ClN4O2. The van der Waals surface area contributed by atoms with Gasteiger partial charge in [-0.2, -0.15) is 0 Å². The van der Waals surface area contributed by atoms with Crippen LogP contribution in [0.3, 0.4) is 0 Å². The maximum absolute atomic E-state index is 11.1. The highest BCUT2D eigenvalue weighted by atomic mass is 35.5. The molecule has 0 unspecified atom stereocenters. The number of ether oxygens (including phenoxy) is 1. The highest BCUT2D eigenvalue weighted by Crippen LogP contribution is 2.28. The number of carbonyl (C=O) groups is 1. The minimum Gasteiger partial charge on any atom is -0.456 e. The van der Waals surface area contributed by atoms with Crippen LogP contribution < -0.4 is 4.74 Å². The van der Waals surface area contributed by atoms with E-state index in [-0.39, 0.29) is 5.15 Å². The van der Waals surface area contributed by atoms with E-state index >= 15 is 0 Å². The van der Waals surface area contributed by atoms with E-state index in [0.29, 0.717) is 23.3 Å². The summed E-state index contributed by atoms with van der Waals surface area (Å²) in [4.78, 5) is 21.5. The number of imidazole rings is 1. The summed E-state index contributed by atoms with van der Waals surface area (Å²) in [7, 11) is 6.03. The smallest absolute Gasteiger partial charge is 0.155 e. The van der Waals surface area contributed by atoms with Crippen LogP contribution in [0.15, 0.2) is 42.7 Å². The van der Waals surface area contributed by atoms with Crippen molar-refractivity contribution in [1.29, 1.82) is 0 Å². The molecule has 2 heterocycles. The zero-order valence-corrected chi connectivity index (χ0v) is 15.6. The quantitative estimate of drug-likeness (QED) is 0.488. The van der Waals surface area contributed by atoms with Crippen molar-refractivity contribution in [3.8, 4) is 22.8 Å². The maximum atomic E-state index is 11.1. The zero-order chi connectivity index (χ0) is 18.7. The molecule has 0 aliphatic carbocycles. The topological polar surface area (TPSA) is 60.2 Å². The third-order valence-electron chi connectivity index (χ3n) is 3.91. The molecule has 0 atom stereocenters. The fourth-order valence-electron chi connectivity index (χ4n) is 2.57. The van der Waals surface area contributed by atoms with E-state index in [2.05, 4.69) is 19.4 Å². The van der Waals surface area contributed by atoms with Crippen LogP contribution >= 0.6 is 11.6 Å². The summed E-state index contributed by atoms with van der Waals surface area (Å²) in [5.74, 6) is 1.98. The number of carbonyl (C=O) groups excluding carboxylic acids is 1. The van der Waals surface area contributed by atoms with Crippen molar-refractivity contribution >= 4 is 17.9 Å². The van der Waals surface area contributed by atoms with Gasteiger partial charge in [0.2, 0.25) is 0 Å². The Morgan fingerprint density at radius 2 is 1.92 bits per heavy atom. The highest BCUT2D eigenvalue weighted by molar-refractivity contribution is 6.29. The first-order valence-electron chi connectivity index (χ1n) is 8.02. The molecule has 2 aromatic heterocycles. The molecular weight excluding hydrogens is 352 g/mol. The Labute approximate surface area is 157 Å². The number of pyridine rings is 1. The molecule has 0 N–H and O–H groups in total. The number of aromatic nitrogens is 3. The molecule has 0 spiro atoms. The summed E-state index contributed by atoms with van der Waals surface area (Å²) in [6, 6.07) is 9.12. The van der Waals surface area contributed by atoms with Gasteiger partial charge in [-0.15, -0.1) is 0 Å². The third kappa shape index (κ3) is 3.92. The molecule has 26 heavy (non-hydrogen) atoms. The van der Waals surface area contributed by atoms with Crippen LogP contribution in [-0.4, -0.2) is 39.8 Å². The van der Waals surface area contributed by atoms with E-state index in [1.54, 1.807) is 0 Å². The maximum Gasteiger partial charge on any atom is 0.155 e. The van der Waals surface area contributed by atoms with E-state index in [1.165, 1.54) is 12.3 Å². The lowest BCUT2D eigenvalue weighted by molar-refractivity contribution is 0.112. The lowest BCUT2D eigenvalue weighted by atomic mass is 10.1. The standard InChI is InChI=1S/C19H19ClN4O2/c1-23(2)11-19-22-10-16(24(19)3)13-4-6-15(7-5-13)26-17-8-18(20)21-9-14(17)12-25/h4-10,12H,11H2,1-3H3. The Balaban J connectivity index is 1.82. The van der Waals surface area contributed by atoms with Gasteiger partial charge >= 0.3 is 0 Å². The monoisotopic (exact) mass is 370 g/mol. The van der Waals surface area contributed by atoms with Crippen molar-refractivity contribution in [3.05, 3.63) is 59.3 Å². The van der Waals surface area contributed by atoms with E-state index < -0.39 is 0 Å². The Morgan fingerprint density at radius 3 is 2.58 bits per heavy atom. The number of halogens is 1. The number of nitrogens with zero attached hydrogens (tertiary/aromatic N) is 4. The van der Waals surface area contributed by atoms with Crippen molar-refractivity contribution in [3.63, 3.8) is 0 Å². The van der Waals surface area contributed by atoms with Crippen LogP contribution in [0.4, 0.5) is 0 Å². The third-order valence-corrected chi connectivity index (χ3v) is 4.12. The second-order valence-electron chi connectivity index (χ2n) is 6.15. The van der Waals surface area contributed by atoms with Gasteiger partial charge in [-0.1, -0.05) is 11.6 Å². The molecule has 1 aromatic carbocycles. The molecule has 0 radical (unpaired) electrons. The number of rotatable bonds is 6. The zero-order valence-electron chi connectivity index (χ0n) is 14.8. The fourth-order valence-corrected chi connectivity index (χ4v) is 2.71. The average molecular weight is 371 g/mol. The number of benzene rings is 1. The molecule has 6 nitrogen and oxygen atoms in total. The van der Waals surface area contributed by atoms with E-state index in [1.807, 2.05) is 51.6 Å². The van der Waals surface area contributed by atoms with Crippen molar-refractivity contribution in [2.75, 3.05) is 14.1 Å². The van der Waals surface area contributed by atoms with E-state index in [4.69, 9.17) is 16.3 Å². The van der Waals surface area contributed by atoms with Gasteiger partial charge in [0.05, 0.1) is 24.0 Å². The molecule has 0 saturated carbocycles. The van der Waals surface area contributed by atoms with Crippen LogP contribution in [0.5, 0.6) is 11.5 Å². The first-order valence-corrected chi connectivity index (χ1v) is 8.40. The molecule has 0 aliphatic rings. The normalized spacial score (nSPS) is 11.0. The molecule has 0 saturated heterocycles. The SMILES string of the molecule is CN(C)Cc1ncc(-c2ccc(Oc3cc(Cl)ncc3C=O)cc2)n1C. The van der Waals surface area contributed by atoms with Crippen molar-refractivity contribution in [1.82, 2.24) is 19.4 Å². The van der Waals surface area contributed by atoms with Crippen LogP contribution in [0, 0.1) is 0 Å². The molecule has 0 bridgehead atoms. The first-order chi connectivity index (χ1) is 12.5. The summed E-state index contributed by atoms with van der Waals surface area (Å²) < 4.78 is 7.85.